The molecule has 3 saturated carbocycles. The molecule has 1 aromatic rings. The number of aromatic nitrogens is 1. The van der Waals surface area contributed by atoms with Gasteiger partial charge in [0.25, 0.3) is 0 Å². The topological polar surface area (TPSA) is 51.2 Å². The van der Waals surface area contributed by atoms with Gasteiger partial charge >= 0.3 is 6.09 Å². The standard InChI is InChI=1S/C15H23BN2O2S/c1-10(2)20-13(19)18-15-6-3-14(4-7-15,5-8-15)12-17-9-11(16)21-12/h9-10H,3-8,16H2,1-2H3,(H,18,19). The molecule has 0 atom stereocenters. The zero-order valence-corrected chi connectivity index (χ0v) is 13.9. The van der Waals surface area contributed by atoms with Crippen molar-refractivity contribution in [2.45, 2.75) is 69.4 Å². The molecule has 21 heavy (non-hydrogen) atoms. The van der Waals surface area contributed by atoms with E-state index in [1.807, 2.05) is 31.4 Å². The van der Waals surface area contributed by atoms with Crippen LogP contribution in [0.4, 0.5) is 4.79 Å². The van der Waals surface area contributed by atoms with Crippen LogP contribution in [0, 0.1) is 0 Å². The van der Waals surface area contributed by atoms with E-state index < -0.39 is 0 Å². The first-order valence-electron chi connectivity index (χ1n) is 7.85. The van der Waals surface area contributed by atoms with E-state index in [4.69, 9.17) is 4.74 Å². The smallest absolute Gasteiger partial charge is 0.407 e. The van der Waals surface area contributed by atoms with Crippen LogP contribution in [0.2, 0.25) is 0 Å². The van der Waals surface area contributed by atoms with Gasteiger partial charge in [-0.25, -0.2) is 9.78 Å². The first kappa shape index (κ1) is 14.9. The summed E-state index contributed by atoms with van der Waals surface area (Å²) in [4.78, 5) is 16.5. The second-order valence-corrected chi connectivity index (χ2v) is 8.15. The van der Waals surface area contributed by atoms with Crippen LogP contribution in [0.5, 0.6) is 0 Å². The number of thiazole rings is 1. The number of amides is 1. The molecule has 4 nitrogen and oxygen atoms in total. The molecule has 0 unspecified atom stereocenters. The zero-order chi connectivity index (χ0) is 15.1. The van der Waals surface area contributed by atoms with Gasteiger partial charge in [0.2, 0.25) is 0 Å². The Morgan fingerprint density at radius 1 is 1.33 bits per heavy atom. The van der Waals surface area contributed by atoms with Gasteiger partial charge in [0.15, 0.2) is 7.85 Å². The maximum Gasteiger partial charge on any atom is 0.407 e. The molecule has 0 spiro atoms. The van der Waals surface area contributed by atoms with Gasteiger partial charge in [-0.05, 0) is 57.1 Å². The molecule has 0 radical (unpaired) electrons. The number of hydrogen-bond donors (Lipinski definition) is 1. The highest BCUT2D eigenvalue weighted by atomic mass is 32.1. The fourth-order valence-electron chi connectivity index (χ4n) is 3.75. The van der Waals surface area contributed by atoms with Gasteiger partial charge in [-0.1, -0.05) is 0 Å². The first-order valence-corrected chi connectivity index (χ1v) is 8.67. The summed E-state index contributed by atoms with van der Waals surface area (Å²) in [7, 11) is 2.12. The number of ether oxygens (including phenoxy) is 1. The molecule has 0 aromatic carbocycles. The van der Waals surface area contributed by atoms with Crippen molar-refractivity contribution >= 4 is 30.1 Å². The van der Waals surface area contributed by atoms with Crippen LogP contribution in [0.25, 0.3) is 0 Å². The predicted octanol–water partition coefficient (Wildman–Crippen LogP) is 1.88. The maximum atomic E-state index is 11.9. The van der Waals surface area contributed by atoms with Crippen molar-refractivity contribution in [2.75, 3.05) is 0 Å². The summed E-state index contributed by atoms with van der Waals surface area (Å²) in [5.74, 6) is 0. The van der Waals surface area contributed by atoms with Crippen LogP contribution in [0.1, 0.15) is 57.4 Å². The Hall–Kier alpha value is -1.04. The molecular formula is C15H23BN2O2S. The van der Waals surface area contributed by atoms with Gasteiger partial charge in [0, 0.05) is 17.2 Å². The summed E-state index contributed by atoms with van der Waals surface area (Å²) in [6, 6.07) is 0. The Morgan fingerprint density at radius 2 is 1.95 bits per heavy atom. The Kier molecular flexibility index (Phi) is 3.76. The minimum absolute atomic E-state index is 0.0416. The van der Waals surface area contributed by atoms with E-state index in [2.05, 4.69) is 18.1 Å². The van der Waals surface area contributed by atoms with Gasteiger partial charge < -0.3 is 10.1 Å². The second kappa shape index (κ2) is 5.31. The van der Waals surface area contributed by atoms with Crippen LogP contribution in [0.3, 0.4) is 0 Å². The third-order valence-corrected chi connectivity index (χ3v) is 6.19. The average molecular weight is 306 g/mol. The minimum Gasteiger partial charge on any atom is -0.447 e. The third kappa shape index (κ3) is 2.82. The number of fused-ring (bicyclic) bond motifs is 3. The summed E-state index contributed by atoms with van der Waals surface area (Å²) in [5, 5.41) is 4.45. The van der Waals surface area contributed by atoms with E-state index in [1.165, 1.54) is 9.78 Å². The highest BCUT2D eigenvalue weighted by molar-refractivity contribution is 7.19. The van der Waals surface area contributed by atoms with Crippen molar-refractivity contribution in [3.05, 3.63) is 11.2 Å². The lowest BCUT2D eigenvalue weighted by molar-refractivity contribution is 0.0560. The molecular weight excluding hydrogens is 283 g/mol. The Morgan fingerprint density at radius 3 is 2.43 bits per heavy atom. The van der Waals surface area contributed by atoms with E-state index in [9.17, 15) is 4.79 Å². The van der Waals surface area contributed by atoms with Gasteiger partial charge in [-0.15, -0.1) is 11.3 Å². The van der Waals surface area contributed by atoms with E-state index in [0.29, 0.717) is 0 Å². The quantitative estimate of drug-likeness (QED) is 0.868. The number of nitrogens with one attached hydrogen (secondary N) is 1. The lowest BCUT2D eigenvalue weighted by atomic mass is 9.57. The zero-order valence-electron chi connectivity index (χ0n) is 13.1. The van der Waals surface area contributed by atoms with Crippen LogP contribution >= 0.6 is 11.3 Å². The predicted molar refractivity (Wildman–Crippen MR) is 87.2 cm³/mol. The molecule has 1 heterocycles. The third-order valence-electron chi connectivity index (χ3n) is 5.03. The molecule has 6 heteroatoms. The van der Waals surface area contributed by atoms with Crippen LogP contribution in [-0.2, 0) is 10.2 Å². The highest BCUT2D eigenvalue weighted by Crippen LogP contribution is 2.53. The van der Waals surface area contributed by atoms with Crippen LogP contribution < -0.4 is 10.1 Å². The van der Waals surface area contributed by atoms with Gasteiger partial charge in [-0.3, -0.25) is 0 Å². The van der Waals surface area contributed by atoms with Crippen molar-refractivity contribution in [3.63, 3.8) is 0 Å². The van der Waals surface area contributed by atoms with E-state index in [1.54, 1.807) is 0 Å². The van der Waals surface area contributed by atoms with Crippen molar-refractivity contribution in [2.24, 2.45) is 0 Å². The largest absolute Gasteiger partial charge is 0.447 e. The number of rotatable bonds is 3. The Bertz CT molecular complexity index is 519. The SMILES string of the molecule is Bc1cnc(C23CCC(NC(=O)OC(C)C)(CC2)CC3)s1. The second-order valence-electron chi connectivity index (χ2n) is 6.92. The monoisotopic (exact) mass is 306 g/mol. The molecule has 0 aliphatic heterocycles. The fourth-order valence-corrected chi connectivity index (χ4v) is 4.79. The van der Waals surface area contributed by atoms with Crippen LogP contribution in [-0.4, -0.2) is 30.6 Å². The number of carbonyl (C=O) groups is 1. The number of alkyl carbamates (subject to hydrolysis) is 1. The summed E-state index contributed by atoms with van der Waals surface area (Å²) in [6.45, 7) is 3.77. The summed E-state index contributed by atoms with van der Waals surface area (Å²) >= 11 is 1.84. The Balaban J connectivity index is 1.67. The van der Waals surface area contributed by atoms with Gasteiger partial charge in [0.05, 0.1) is 11.1 Å². The molecule has 114 valence electrons. The maximum absolute atomic E-state index is 11.9. The Labute approximate surface area is 131 Å². The average Bonchev–Trinajstić information content (AvgIpc) is 2.87. The van der Waals surface area contributed by atoms with E-state index in [-0.39, 0.29) is 23.2 Å². The lowest BCUT2D eigenvalue weighted by Gasteiger charge is -2.52. The molecule has 4 rings (SSSR count). The molecule has 1 aromatic heterocycles. The fraction of sp³-hybridized carbons (Fsp3) is 0.733. The van der Waals surface area contributed by atoms with E-state index in [0.717, 1.165) is 38.5 Å². The molecule has 3 aliphatic carbocycles. The normalized spacial score (nSPS) is 31.4. The summed E-state index contributed by atoms with van der Waals surface area (Å²) in [5.41, 5.74) is 0.227. The van der Waals surface area contributed by atoms with E-state index >= 15 is 0 Å². The van der Waals surface area contributed by atoms with Crippen molar-refractivity contribution in [1.29, 1.82) is 0 Å². The number of nitrogens with zero attached hydrogens (tertiary/aromatic N) is 1. The molecule has 3 aliphatic rings. The van der Waals surface area contributed by atoms with Crippen molar-refractivity contribution in [1.82, 2.24) is 10.3 Å². The summed E-state index contributed by atoms with van der Waals surface area (Å²) in [6.07, 6.45) is 8.17. The molecule has 1 amide bonds. The molecule has 0 saturated heterocycles. The van der Waals surface area contributed by atoms with Gasteiger partial charge in [-0.2, -0.15) is 0 Å². The van der Waals surface area contributed by atoms with Crippen molar-refractivity contribution in [3.8, 4) is 0 Å². The van der Waals surface area contributed by atoms with Crippen molar-refractivity contribution < 1.29 is 9.53 Å². The minimum atomic E-state index is -0.260. The highest BCUT2D eigenvalue weighted by Gasteiger charge is 2.51. The number of hydrogen-bond acceptors (Lipinski definition) is 4. The number of carbonyl (C=O) groups excluding carboxylic acids is 1. The molecule has 3 fully saturated rings. The molecule has 2 bridgehead atoms. The lowest BCUT2D eigenvalue weighted by Crippen LogP contribution is -2.58. The molecule has 1 N–H and O–H groups in total. The van der Waals surface area contributed by atoms with Gasteiger partial charge in [0.1, 0.15) is 0 Å². The first-order chi connectivity index (χ1) is 9.93. The summed E-state index contributed by atoms with van der Waals surface area (Å²) < 4.78 is 6.54. The van der Waals surface area contributed by atoms with Crippen LogP contribution in [0.15, 0.2) is 6.20 Å².